The second-order valence-corrected chi connectivity index (χ2v) is 4.96. The molecule has 3 aromatic rings. The summed E-state index contributed by atoms with van der Waals surface area (Å²) in [5, 5.41) is 12.5. The van der Waals surface area contributed by atoms with E-state index in [0.717, 1.165) is 10.9 Å². The summed E-state index contributed by atoms with van der Waals surface area (Å²) >= 11 is 0. The van der Waals surface area contributed by atoms with Crippen LogP contribution < -0.4 is 10.1 Å². The molecule has 23 heavy (non-hydrogen) atoms. The second-order valence-electron chi connectivity index (χ2n) is 4.96. The Kier molecular flexibility index (Phi) is 4.49. The summed E-state index contributed by atoms with van der Waals surface area (Å²) < 4.78 is 5.28. The summed E-state index contributed by atoms with van der Waals surface area (Å²) in [5.41, 5.74) is 2.11. The molecule has 0 radical (unpaired) electrons. The van der Waals surface area contributed by atoms with E-state index in [9.17, 15) is 4.79 Å². The Morgan fingerprint density at radius 1 is 1.13 bits per heavy atom. The fourth-order valence-electron chi connectivity index (χ4n) is 2.22. The van der Waals surface area contributed by atoms with Crippen molar-refractivity contribution < 1.29 is 14.6 Å². The SMILES string of the molecule is O=C(Nc1ccc(OCCO)cc1)c1ccc2ncccc2c1. The smallest absolute Gasteiger partial charge is 0.255 e. The highest BCUT2D eigenvalue weighted by atomic mass is 16.5. The molecule has 0 saturated carbocycles. The van der Waals surface area contributed by atoms with Gasteiger partial charge in [0.2, 0.25) is 0 Å². The van der Waals surface area contributed by atoms with Gasteiger partial charge in [-0.1, -0.05) is 6.07 Å². The Morgan fingerprint density at radius 3 is 2.74 bits per heavy atom. The molecule has 2 N–H and O–H groups in total. The number of hydrogen-bond acceptors (Lipinski definition) is 4. The van der Waals surface area contributed by atoms with Gasteiger partial charge >= 0.3 is 0 Å². The van der Waals surface area contributed by atoms with Crippen molar-refractivity contribution >= 4 is 22.5 Å². The van der Waals surface area contributed by atoms with E-state index in [-0.39, 0.29) is 19.1 Å². The van der Waals surface area contributed by atoms with Gasteiger partial charge in [0, 0.05) is 22.8 Å². The topological polar surface area (TPSA) is 71.5 Å². The lowest BCUT2D eigenvalue weighted by Crippen LogP contribution is -2.11. The summed E-state index contributed by atoms with van der Waals surface area (Å²) in [7, 11) is 0. The average Bonchev–Trinajstić information content (AvgIpc) is 2.60. The zero-order valence-electron chi connectivity index (χ0n) is 12.4. The molecule has 3 rings (SSSR count). The number of pyridine rings is 1. The molecule has 0 aliphatic rings. The number of nitrogens with zero attached hydrogens (tertiary/aromatic N) is 1. The molecule has 0 aliphatic carbocycles. The summed E-state index contributed by atoms with van der Waals surface area (Å²) in [5.74, 6) is 0.466. The third-order valence-electron chi connectivity index (χ3n) is 3.34. The highest BCUT2D eigenvalue weighted by Gasteiger charge is 2.07. The lowest BCUT2D eigenvalue weighted by molar-refractivity contribution is 0.102. The number of anilines is 1. The zero-order valence-corrected chi connectivity index (χ0v) is 12.4. The summed E-state index contributed by atoms with van der Waals surface area (Å²) in [6.45, 7) is 0.214. The molecule has 5 heteroatoms. The van der Waals surface area contributed by atoms with Gasteiger partial charge in [-0.15, -0.1) is 0 Å². The molecule has 2 aromatic carbocycles. The summed E-state index contributed by atoms with van der Waals surface area (Å²) in [6.07, 6.45) is 1.72. The Balaban J connectivity index is 1.72. The lowest BCUT2D eigenvalue weighted by Gasteiger charge is -2.08. The third-order valence-corrected chi connectivity index (χ3v) is 3.34. The van der Waals surface area contributed by atoms with Crippen LogP contribution in [0.5, 0.6) is 5.75 Å². The first kappa shape index (κ1) is 15.0. The molecule has 116 valence electrons. The Bertz CT molecular complexity index is 816. The number of aliphatic hydroxyl groups is 1. The number of aromatic nitrogens is 1. The molecular formula is C18H16N2O3. The van der Waals surface area contributed by atoms with E-state index in [0.29, 0.717) is 17.0 Å². The van der Waals surface area contributed by atoms with Crippen molar-refractivity contribution in [3.63, 3.8) is 0 Å². The van der Waals surface area contributed by atoms with Crippen molar-refractivity contribution in [1.82, 2.24) is 4.98 Å². The number of carbonyl (C=O) groups is 1. The van der Waals surface area contributed by atoms with Crippen molar-refractivity contribution in [3.05, 3.63) is 66.4 Å². The van der Waals surface area contributed by atoms with Crippen LogP contribution in [0.1, 0.15) is 10.4 Å². The summed E-state index contributed by atoms with van der Waals surface area (Å²) in [4.78, 5) is 16.6. The maximum absolute atomic E-state index is 12.3. The number of nitrogens with one attached hydrogen (secondary N) is 1. The van der Waals surface area contributed by atoms with E-state index >= 15 is 0 Å². The van der Waals surface area contributed by atoms with Gasteiger partial charge in [-0.25, -0.2) is 0 Å². The van der Waals surface area contributed by atoms with Crippen molar-refractivity contribution in [3.8, 4) is 5.75 Å². The molecular weight excluding hydrogens is 292 g/mol. The van der Waals surface area contributed by atoms with Crippen LogP contribution in [0.4, 0.5) is 5.69 Å². The van der Waals surface area contributed by atoms with Gasteiger partial charge in [-0.2, -0.15) is 0 Å². The molecule has 0 fully saturated rings. The average molecular weight is 308 g/mol. The minimum atomic E-state index is -0.181. The first-order valence-electron chi connectivity index (χ1n) is 7.26. The van der Waals surface area contributed by atoms with Crippen LogP contribution in [0.15, 0.2) is 60.8 Å². The first-order valence-corrected chi connectivity index (χ1v) is 7.26. The minimum Gasteiger partial charge on any atom is -0.491 e. The normalized spacial score (nSPS) is 10.5. The van der Waals surface area contributed by atoms with Crippen LogP contribution in [0.25, 0.3) is 10.9 Å². The molecule has 1 heterocycles. The van der Waals surface area contributed by atoms with Gasteiger partial charge in [0.05, 0.1) is 12.1 Å². The second kappa shape index (κ2) is 6.89. The van der Waals surface area contributed by atoms with Gasteiger partial charge in [0.1, 0.15) is 12.4 Å². The van der Waals surface area contributed by atoms with Gasteiger partial charge in [0.25, 0.3) is 5.91 Å². The molecule has 5 nitrogen and oxygen atoms in total. The highest BCUT2D eigenvalue weighted by molar-refractivity contribution is 6.06. The van der Waals surface area contributed by atoms with Crippen molar-refractivity contribution in [2.24, 2.45) is 0 Å². The Labute approximate surface area is 133 Å². The minimum absolute atomic E-state index is 0.0324. The van der Waals surface area contributed by atoms with E-state index in [1.807, 2.05) is 24.3 Å². The van der Waals surface area contributed by atoms with Crippen LogP contribution in [0.3, 0.4) is 0 Å². The molecule has 0 bridgehead atoms. The number of aliphatic hydroxyl groups excluding tert-OH is 1. The van der Waals surface area contributed by atoms with Gasteiger partial charge in [-0.3, -0.25) is 9.78 Å². The fourth-order valence-corrected chi connectivity index (χ4v) is 2.22. The Morgan fingerprint density at radius 2 is 1.96 bits per heavy atom. The number of ether oxygens (including phenoxy) is 1. The first-order chi connectivity index (χ1) is 11.3. The molecule has 0 aliphatic heterocycles. The maximum atomic E-state index is 12.3. The lowest BCUT2D eigenvalue weighted by atomic mass is 10.1. The predicted molar refractivity (Wildman–Crippen MR) is 88.7 cm³/mol. The van der Waals surface area contributed by atoms with Crippen LogP contribution in [0, 0.1) is 0 Å². The summed E-state index contributed by atoms with van der Waals surface area (Å²) in [6, 6.07) is 16.2. The van der Waals surface area contributed by atoms with E-state index in [1.165, 1.54) is 0 Å². The molecule has 0 saturated heterocycles. The fraction of sp³-hybridized carbons (Fsp3) is 0.111. The number of fused-ring (bicyclic) bond motifs is 1. The monoisotopic (exact) mass is 308 g/mol. The Hall–Kier alpha value is -2.92. The number of rotatable bonds is 5. The van der Waals surface area contributed by atoms with E-state index in [2.05, 4.69) is 10.3 Å². The van der Waals surface area contributed by atoms with Crippen molar-refractivity contribution in [2.75, 3.05) is 18.5 Å². The largest absolute Gasteiger partial charge is 0.491 e. The number of benzene rings is 2. The molecule has 0 atom stereocenters. The van der Waals surface area contributed by atoms with Crippen molar-refractivity contribution in [1.29, 1.82) is 0 Å². The van der Waals surface area contributed by atoms with E-state index in [4.69, 9.17) is 9.84 Å². The van der Waals surface area contributed by atoms with E-state index in [1.54, 1.807) is 36.5 Å². The number of amides is 1. The quantitative estimate of drug-likeness (QED) is 0.760. The van der Waals surface area contributed by atoms with Gasteiger partial charge in [0.15, 0.2) is 0 Å². The molecule has 0 unspecified atom stereocenters. The van der Waals surface area contributed by atoms with Crippen LogP contribution in [0.2, 0.25) is 0 Å². The number of carbonyl (C=O) groups excluding carboxylic acids is 1. The van der Waals surface area contributed by atoms with Gasteiger partial charge in [-0.05, 0) is 48.5 Å². The van der Waals surface area contributed by atoms with Crippen LogP contribution in [-0.4, -0.2) is 29.2 Å². The van der Waals surface area contributed by atoms with Crippen molar-refractivity contribution in [2.45, 2.75) is 0 Å². The molecule has 0 spiro atoms. The number of hydrogen-bond donors (Lipinski definition) is 2. The third kappa shape index (κ3) is 3.64. The van der Waals surface area contributed by atoms with Gasteiger partial charge < -0.3 is 15.2 Å². The zero-order chi connectivity index (χ0) is 16.1. The predicted octanol–water partition coefficient (Wildman–Crippen LogP) is 2.86. The molecule has 1 amide bonds. The highest BCUT2D eigenvalue weighted by Crippen LogP contribution is 2.18. The standard InChI is InChI=1S/C18H16N2O3/c21-10-11-23-16-6-4-15(5-7-16)20-18(22)14-3-8-17-13(12-14)2-1-9-19-17/h1-9,12,21H,10-11H2,(H,20,22). The maximum Gasteiger partial charge on any atom is 0.255 e. The van der Waals surface area contributed by atoms with E-state index < -0.39 is 0 Å². The van der Waals surface area contributed by atoms with Crippen LogP contribution >= 0.6 is 0 Å². The molecule has 1 aromatic heterocycles. The van der Waals surface area contributed by atoms with Crippen LogP contribution in [-0.2, 0) is 0 Å².